The van der Waals surface area contributed by atoms with Crippen molar-refractivity contribution in [1.82, 2.24) is 0 Å². The monoisotopic (exact) mass is 449 g/mol. The van der Waals surface area contributed by atoms with Crippen molar-refractivity contribution >= 4 is 46.6 Å². The minimum atomic E-state index is -1.25. The number of nitro groups is 2. The van der Waals surface area contributed by atoms with Crippen LogP contribution in [0, 0.1) is 20.2 Å². The maximum absolute atomic E-state index is 12.3. The Balaban J connectivity index is 2.05. The van der Waals surface area contributed by atoms with Crippen LogP contribution in [-0.2, 0) is 14.3 Å². The Morgan fingerprint density at radius 3 is 2.45 bits per heavy atom. The number of amides is 1. The van der Waals surface area contributed by atoms with E-state index in [1.54, 1.807) is 0 Å². The number of benzene rings is 2. The molecule has 0 aromatic heterocycles. The molecule has 1 unspecified atom stereocenters. The van der Waals surface area contributed by atoms with Gasteiger partial charge in [-0.25, -0.2) is 4.79 Å². The van der Waals surface area contributed by atoms with E-state index in [2.05, 4.69) is 5.32 Å². The van der Waals surface area contributed by atoms with Crippen LogP contribution in [0.2, 0.25) is 5.02 Å². The fraction of sp³-hybridized carbons (Fsp3) is 0.158. The molecule has 2 aromatic carbocycles. The Bertz CT molecular complexity index is 1070. The molecule has 0 aliphatic heterocycles. The maximum Gasteiger partial charge on any atom is 0.331 e. The van der Waals surface area contributed by atoms with Gasteiger partial charge in [0.25, 0.3) is 17.3 Å². The molecule has 2 aromatic rings. The van der Waals surface area contributed by atoms with Crippen LogP contribution in [0.25, 0.3) is 6.08 Å². The molecule has 0 spiro atoms. The number of hydrogen-bond donors (Lipinski definition) is 1. The highest BCUT2D eigenvalue weighted by Crippen LogP contribution is 2.29. The van der Waals surface area contributed by atoms with Gasteiger partial charge in [-0.1, -0.05) is 17.7 Å². The van der Waals surface area contributed by atoms with E-state index < -0.39 is 27.8 Å². The molecule has 1 amide bonds. The Morgan fingerprint density at radius 1 is 1.13 bits per heavy atom. The van der Waals surface area contributed by atoms with Crippen molar-refractivity contribution in [2.75, 3.05) is 12.4 Å². The smallest absolute Gasteiger partial charge is 0.331 e. The lowest BCUT2D eigenvalue weighted by atomic mass is 10.2. The molecular weight excluding hydrogens is 434 g/mol. The number of carbonyl (C=O) groups is 2. The SMILES string of the molecule is COc1ccc([N+](=O)[O-])cc1NC(=O)C(C)OC(=O)/C=C/c1ccc(Cl)c([N+](=O)[O-])c1. The van der Waals surface area contributed by atoms with Crippen molar-refractivity contribution in [2.24, 2.45) is 0 Å². The molecule has 162 valence electrons. The Kier molecular flexibility index (Phi) is 7.64. The molecule has 0 radical (unpaired) electrons. The van der Waals surface area contributed by atoms with E-state index in [1.165, 1.54) is 50.4 Å². The predicted octanol–water partition coefficient (Wildman–Crippen LogP) is 3.75. The Labute approximate surface area is 180 Å². The standard InChI is InChI=1S/C19H16ClN3O8/c1-11(19(25)21-15-10-13(22(26)27)5-7-17(15)30-2)31-18(24)8-4-12-3-6-14(20)16(9-12)23(28)29/h3-11H,1-2H3,(H,21,25)/b8-4+. The Morgan fingerprint density at radius 2 is 1.84 bits per heavy atom. The molecular formula is C19H16ClN3O8. The topological polar surface area (TPSA) is 151 Å². The van der Waals surface area contributed by atoms with Crippen LogP contribution in [0.15, 0.2) is 42.5 Å². The van der Waals surface area contributed by atoms with Gasteiger partial charge in [-0.3, -0.25) is 25.0 Å². The van der Waals surface area contributed by atoms with Crippen molar-refractivity contribution < 1.29 is 28.9 Å². The van der Waals surface area contributed by atoms with Gasteiger partial charge in [0.2, 0.25) is 0 Å². The molecule has 12 heteroatoms. The predicted molar refractivity (Wildman–Crippen MR) is 111 cm³/mol. The molecule has 0 bridgehead atoms. The fourth-order valence-corrected chi connectivity index (χ4v) is 2.53. The van der Waals surface area contributed by atoms with Crippen molar-refractivity contribution in [3.05, 3.63) is 73.3 Å². The largest absolute Gasteiger partial charge is 0.495 e. The number of esters is 1. The highest BCUT2D eigenvalue weighted by atomic mass is 35.5. The lowest BCUT2D eigenvalue weighted by molar-refractivity contribution is -0.384. The number of carbonyl (C=O) groups excluding carboxylic acids is 2. The second-order valence-electron chi connectivity index (χ2n) is 6.01. The summed E-state index contributed by atoms with van der Waals surface area (Å²) < 4.78 is 10.0. The number of nitrogens with one attached hydrogen (secondary N) is 1. The van der Waals surface area contributed by atoms with Crippen LogP contribution in [0.5, 0.6) is 5.75 Å². The number of methoxy groups -OCH3 is 1. The highest BCUT2D eigenvalue weighted by Gasteiger charge is 2.20. The van der Waals surface area contributed by atoms with Crippen molar-refractivity contribution in [1.29, 1.82) is 0 Å². The first kappa shape index (κ1) is 23.3. The van der Waals surface area contributed by atoms with Crippen LogP contribution in [-0.4, -0.2) is 34.9 Å². The summed E-state index contributed by atoms with van der Waals surface area (Å²) in [5.41, 5.74) is -0.225. The van der Waals surface area contributed by atoms with Crippen LogP contribution in [0.4, 0.5) is 17.1 Å². The zero-order chi connectivity index (χ0) is 23.1. The first-order valence-corrected chi connectivity index (χ1v) is 8.96. The van der Waals surface area contributed by atoms with E-state index in [4.69, 9.17) is 21.1 Å². The molecule has 0 saturated heterocycles. The van der Waals surface area contributed by atoms with E-state index >= 15 is 0 Å². The third-order valence-electron chi connectivity index (χ3n) is 3.89. The van der Waals surface area contributed by atoms with Crippen molar-refractivity contribution in [3.8, 4) is 5.75 Å². The summed E-state index contributed by atoms with van der Waals surface area (Å²) >= 11 is 5.72. The number of ether oxygens (including phenoxy) is 2. The average Bonchev–Trinajstić information content (AvgIpc) is 2.72. The zero-order valence-corrected chi connectivity index (χ0v) is 17.0. The normalized spacial score (nSPS) is 11.6. The van der Waals surface area contributed by atoms with Gasteiger partial charge in [-0.05, 0) is 30.7 Å². The third-order valence-corrected chi connectivity index (χ3v) is 4.21. The fourth-order valence-electron chi connectivity index (χ4n) is 2.35. The number of rotatable bonds is 8. The molecule has 2 rings (SSSR count). The van der Waals surface area contributed by atoms with Gasteiger partial charge >= 0.3 is 5.97 Å². The minimum Gasteiger partial charge on any atom is -0.495 e. The highest BCUT2D eigenvalue weighted by molar-refractivity contribution is 6.32. The zero-order valence-electron chi connectivity index (χ0n) is 16.2. The van der Waals surface area contributed by atoms with Crippen LogP contribution < -0.4 is 10.1 Å². The number of nitro benzene ring substituents is 2. The van der Waals surface area contributed by atoms with Gasteiger partial charge < -0.3 is 14.8 Å². The van der Waals surface area contributed by atoms with Gasteiger partial charge in [0, 0.05) is 24.3 Å². The molecule has 1 N–H and O–H groups in total. The number of hydrogen-bond acceptors (Lipinski definition) is 8. The van der Waals surface area contributed by atoms with Crippen LogP contribution in [0.3, 0.4) is 0 Å². The van der Waals surface area contributed by atoms with E-state index in [-0.39, 0.29) is 27.8 Å². The van der Waals surface area contributed by atoms with Gasteiger partial charge in [0.05, 0.1) is 22.6 Å². The molecule has 11 nitrogen and oxygen atoms in total. The molecule has 31 heavy (non-hydrogen) atoms. The average molecular weight is 450 g/mol. The number of halogens is 1. The summed E-state index contributed by atoms with van der Waals surface area (Å²) in [4.78, 5) is 44.8. The lowest BCUT2D eigenvalue weighted by Crippen LogP contribution is -2.29. The van der Waals surface area contributed by atoms with Crippen LogP contribution in [0.1, 0.15) is 12.5 Å². The third kappa shape index (κ3) is 6.24. The quantitative estimate of drug-likeness (QED) is 0.277. The summed E-state index contributed by atoms with van der Waals surface area (Å²) in [7, 11) is 1.33. The van der Waals surface area contributed by atoms with E-state index in [0.29, 0.717) is 5.56 Å². The summed E-state index contributed by atoms with van der Waals surface area (Å²) in [6.07, 6.45) is 1.01. The molecule has 0 aliphatic rings. The molecule has 0 aliphatic carbocycles. The second-order valence-corrected chi connectivity index (χ2v) is 6.42. The minimum absolute atomic E-state index is 0.0358. The van der Waals surface area contributed by atoms with E-state index in [1.807, 2.05) is 0 Å². The van der Waals surface area contributed by atoms with Gasteiger partial charge in [-0.2, -0.15) is 0 Å². The maximum atomic E-state index is 12.3. The van der Waals surface area contributed by atoms with Gasteiger partial charge in [0.1, 0.15) is 10.8 Å². The van der Waals surface area contributed by atoms with Gasteiger partial charge in [-0.15, -0.1) is 0 Å². The Hall–Kier alpha value is -3.99. The molecule has 0 heterocycles. The number of nitrogens with zero attached hydrogens (tertiary/aromatic N) is 2. The first-order valence-electron chi connectivity index (χ1n) is 8.58. The molecule has 0 saturated carbocycles. The summed E-state index contributed by atoms with van der Waals surface area (Å²) in [6, 6.07) is 7.59. The molecule has 0 fully saturated rings. The number of anilines is 1. The first-order chi connectivity index (χ1) is 14.6. The number of non-ortho nitro benzene ring substituents is 1. The van der Waals surface area contributed by atoms with Gasteiger partial charge in [0.15, 0.2) is 6.10 Å². The van der Waals surface area contributed by atoms with Crippen LogP contribution >= 0.6 is 11.6 Å². The summed E-state index contributed by atoms with van der Waals surface area (Å²) in [5.74, 6) is -1.45. The second kappa shape index (κ2) is 10.2. The van der Waals surface area contributed by atoms with E-state index in [0.717, 1.165) is 12.1 Å². The summed E-state index contributed by atoms with van der Waals surface area (Å²) in [5, 5.41) is 24.2. The summed E-state index contributed by atoms with van der Waals surface area (Å²) in [6.45, 7) is 1.30. The van der Waals surface area contributed by atoms with Crippen molar-refractivity contribution in [2.45, 2.75) is 13.0 Å². The lowest BCUT2D eigenvalue weighted by Gasteiger charge is -2.14. The van der Waals surface area contributed by atoms with Crippen molar-refractivity contribution in [3.63, 3.8) is 0 Å². The van der Waals surface area contributed by atoms with E-state index in [9.17, 15) is 29.8 Å². The molecule has 1 atom stereocenters.